The van der Waals surface area contributed by atoms with Gasteiger partial charge in [-0.1, -0.05) is 23.7 Å². The van der Waals surface area contributed by atoms with E-state index in [1.165, 1.54) is 4.90 Å². The Hall–Kier alpha value is -1.85. The van der Waals surface area contributed by atoms with Gasteiger partial charge in [0.15, 0.2) is 0 Å². The number of halogens is 2. The first-order valence-electron chi connectivity index (χ1n) is 10.3. The third-order valence-electron chi connectivity index (χ3n) is 4.73. The summed E-state index contributed by atoms with van der Waals surface area (Å²) in [6.45, 7) is 6.88. The van der Waals surface area contributed by atoms with E-state index in [0.717, 1.165) is 19.7 Å². The number of hydrogen-bond acceptors (Lipinski definition) is 4. The van der Waals surface area contributed by atoms with Crippen LogP contribution in [0.5, 0.6) is 0 Å². The highest BCUT2D eigenvalue weighted by Gasteiger charge is 2.31. The first-order valence-corrected chi connectivity index (χ1v) is 13.6. The molecule has 1 atom stereocenters. The number of carbonyl (C=O) groups is 2. The summed E-state index contributed by atoms with van der Waals surface area (Å²) < 4.78 is 27.0. The quantitative estimate of drug-likeness (QED) is 0.460. The number of hydrogen-bond donors (Lipinski definition) is 1. The summed E-state index contributed by atoms with van der Waals surface area (Å²) in [7, 11) is -3.75. The Morgan fingerprint density at radius 3 is 2.09 bits per heavy atom. The van der Waals surface area contributed by atoms with Crippen LogP contribution in [0.3, 0.4) is 0 Å². The minimum Gasteiger partial charge on any atom is -0.350 e. The molecule has 2 rings (SSSR count). The van der Waals surface area contributed by atoms with Crippen molar-refractivity contribution in [3.63, 3.8) is 0 Å². The van der Waals surface area contributed by atoms with E-state index >= 15 is 0 Å². The van der Waals surface area contributed by atoms with Gasteiger partial charge in [0.2, 0.25) is 21.8 Å². The van der Waals surface area contributed by atoms with E-state index in [9.17, 15) is 18.0 Å². The molecule has 0 aliphatic heterocycles. The van der Waals surface area contributed by atoms with Crippen LogP contribution in [0.4, 0.5) is 5.69 Å². The third kappa shape index (κ3) is 8.46. The molecule has 0 saturated heterocycles. The first-order chi connectivity index (χ1) is 15.2. The summed E-state index contributed by atoms with van der Waals surface area (Å²) >= 11 is 8.10. The monoisotopic (exact) mass is 605 g/mol. The van der Waals surface area contributed by atoms with Crippen LogP contribution in [0.2, 0.25) is 5.02 Å². The molecule has 0 heterocycles. The van der Waals surface area contributed by atoms with Crippen LogP contribution in [-0.2, 0) is 26.2 Å². The molecular weight excluding hydrogens is 577 g/mol. The van der Waals surface area contributed by atoms with E-state index in [1.54, 1.807) is 55.5 Å². The zero-order valence-electron chi connectivity index (χ0n) is 19.3. The van der Waals surface area contributed by atoms with Crippen LogP contribution in [0, 0.1) is 3.57 Å². The summed E-state index contributed by atoms with van der Waals surface area (Å²) in [6, 6.07) is 12.9. The minimum atomic E-state index is -3.75. The molecule has 0 aromatic heterocycles. The van der Waals surface area contributed by atoms with Gasteiger partial charge in [0, 0.05) is 20.7 Å². The topological polar surface area (TPSA) is 86.8 Å². The Morgan fingerprint density at radius 2 is 1.61 bits per heavy atom. The van der Waals surface area contributed by atoms with Gasteiger partial charge in [-0.05, 0) is 92.2 Å². The van der Waals surface area contributed by atoms with Gasteiger partial charge in [0.25, 0.3) is 0 Å². The fourth-order valence-corrected chi connectivity index (χ4v) is 4.40. The fourth-order valence-electron chi connectivity index (χ4n) is 3.06. The average molecular weight is 606 g/mol. The van der Waals surface area contributed by atoms with E-state index in [4.69, 9.17) is 11.6 Å². The van der Waals surface area contributed by atoms with Crippen LogP contribution in [-0.4, -0.2) is 49.5 Å². The summed E-state index contributed by atoms with van der Waals surface area (Å²) in [5, 5.41) is 3.44. The molecule has 0 aliphatic carbocycles. The summed E-state index contributed by atoms with van der Waals surface area (Å²) in [5.74, 6) is -0.824. The number of anilines is 1. The molecule has 0 aliphatic rings. The van der Waals surface area contributed by atoms with Gasteiger partial charge in [0.1, 0.15) is 12.6 Å². The van der Waals surface area contributed by atoms with E-state index in [2.05, 4.69) is 27.9 Å². The highest BCUT2D eigenvalue weighted by atomic mass is 127. The van der Waals surface area contributed by atoms with Crippen molar-refractivity contribution in [1.29, 1.82) is 0 Å². The van der Waals surface area contributed by atoms with Gasteiger partial charge in [-0.2, -0.15) is 0 Å². The molecule has 0 unspecified atom stereocenters. The van der Waals surface area contributed by atoms with Gasteiger partial charge < -0.3 is 10.2 Å². The van der Waals surface area contributed by atoms with Gasteiger partial charge in [0.05, 0.1) is 11.9 Å². The lowest BCUT2D eigenvalue weighted by Gasteiger charge is -2.33. The maximum atomic E-state index is 13.4. The highest BCUT2D eigenvalue weighted by Crippen LogP contribution is 2.21. The van der Waals surface area contributed by atoms with E-state index in [-0.39, 0.29) is 12.5 Å². The second-order valence-electron chi connectivity index (χ2n) is 8.81. The Balaban J connectivity index is 2.38. The Kier molecular flexibility index (Phi) is 9.17. The van der Waals surface area contributed by atoms with Crippen LogP contribution in [0.15, 0.2) is 48.5 Å². The zero-order valence-corrected chi connectivity index (χ0v) is 23.0. The Bertz CT molecular complexity index is 1080. The van der Waals surface area contributed by atoms with E-state index < -0.39 is 34.1 Å². The van der Waals surface area contributed by atoms with Crippen molar-refractivity contribution in [2.75, 3.05) is 17.1 Å². The number of carbonyl (C=O) groups excluding carboxylic acids is 2. The van der Waals surface area contributed by atoms with Crippen LogP contribution >= 0.6 is 34.2 Å². The second-order valence-corrected chi connectivity index (χ2v) is 12.4. The van der Waals surface area contributed by atoms with Crippen molar-refractivity contribution in [3.05, 3.63) is 62.7 Å². The molecule has 2 aromatic carbocycles. The van der Waals surface area contributed by atoms with Crippen molar-refractivity contribution < 1.29 is 18.0 Å². The molecule has 1 N–H and O–H groups in total. The number of nitrogens with one attached hydrogen (secondary N) is 1. The Morgan fingerprint density at radius 1 is 1.06 bits per heavy atom. The molecule has 0 spiro atoms. The largest absolute Gasteiger partial charge is 0.350 e. The highest BCUT2D eigenvalue weighted by molar-refractivity contribution is 14.1. The number of sulfonamides is 1. The van der Waals surface area contributed by atoms with Crippen LogP contribution in [0.25, 0.3) is 0 Å². The van der Waals surface area contributed by atoms with E-state index in [0.29, 0.717) is 10.7 Å². The molecule has 2 aromatic rings. The molecule has 7 nitrogen and oxygen atoms in total. The maximum absolute atomic E-state index is 13.4. The molecule has 33 heavy (non-hydrogen) atoms. The molecule has 0 fully saturated rings. The molecule has 0 saturated carbocycles. The zero-order chi connectivity index (χ0) is 25.0. The molecular formula is C23H29ClIN3O4S. The number of rotatable bonds is 8. The van der Waals surface area contributed by atoms with Crippen LogP contribution in [0.1, 0.15) is 33.3 Å². The average Bonchev–Trinajstić information content (AvgIpc) is 2.69. The predicted molar refractivity (Wildman–Crippen MR) is 141 cm³/mol. The number of benzene rings is 2. The number of nitrogens with zero attached hydrogens (tertiary/aromatic N) is 2. The first kappa shape index (κ1) is 27.4. The number of amides is 2. The maximum Gasteiger partial charge on any atom is 0.244 e. The van der Waals surface area contributed by atoms with Crippen molar-refractivity contribution in [2.24, 2.45) is 0 Å². The Labute approximate surface area is 214 Å². The lowest BCUT2D eigenvalue weighted by molar-refractivity contribution is -0.140. The smallest absolute Gasteiger partial charge is 0.244 e. The van der Waals surface area contributed by atoms with Gasteiger partial charge in [-0.25, -0.2) is 8.42 Å². The second kappa shape index (κ2) is 11.1. The lowest BCUT2D eigenvalue weighted by atomic mass is 10.1. The normalized spacial score (nSPS) is 12.7. The molecule has 0 radical (unpaired) electrons. The minimum absolute atomic E-state index is 0.124. The summed E-state index contributed by atoms with van der Waals surface area (Å²) in [5.41, 5.74) is 0.660. The van der Waals surface area contributed by atoms with Crippen molar-refractivity contribution >= 4 is 61.7 Å². The summed E-state index contributed by atoms with van der Waals surface area (Å²) in [4.78, 5) is 27.7. The van der Waals surface area contributed by atoms with E-state index in [1.807, 2.05) is 20.8 Å². The molecule has 0 bridgehead atoms. The molecule has 10 heteroatoms. The van der Waals surface area contributed by atoms with Gasteiger partial charge >= 0.3 is 0 Å². The van der Waals surface area contributed by atoms with Crippen molar-refractivity contribution in [2.45, 2.75) is 45.8 Å². The fraction of sp³-hybridized carbons (Fsp3) is 0.391. The SMILES string of the molecule is C[C@@H](C(=O)NC(C)(C)C)N(Cc1ccc(Cl)cc1)C(=O)CN(c1ccc(I)cc1)S(C)(=O)=O. The van der Waals surface area contributed by atoms with Gasteiger partial charge in [-0.15, -0.1) is 0 Å². The van der Waals surface area contributed by atoms with Crippen LogP contribution < -0.4 is 9.62 Å². The third-order valence-corrected chi connectivity index (χ3v) is 6.84. The molecule has 180 valence electrons. The van der Waals surface area contributed by atoms with Crippen molar-refractivity contribution in [3.8, 4) is 0 Å². The summed E-state index contributed by atoms with van der Waals surface area (Å²) in [6.07, 6.45) is 1.05. The van der Waals surface area contributed by atoms with Crippen molar-refractivity contribution in [1.82, 2.24) is 10.2 Å². The predicted octanol–water partition coefficient (Wildman–Crippen LogP) is 4.04. The standard InChI is InChI=1S/C23H29ClIN3O4S/c1-16(22(30)26-23(2,3)4)27(14-17-6-8-18(24)9-7-17)21(29)15-28(33(5,31)32)20-12-10-19(25)11-13-20/h6-13,16H,14-15H2,1-5H3,(H,26,30)/t16-/m0/s1. The lowest BCUT2D eigenvalue weighted by Crippen LogP contribution is -2.54. The molecule has 2 amide bonds. The van der Waals surface area contributed by atoms with Gasteiger partial charge in [-0.3, -0.25) is 13.9 Å².